The fourth-order valence-electron chi connectivity index (χ4n) is 2.45. The second-order valence-corrected chi connectivity index (χ2v) is 5.22. The van der Waals surface area contributed by atoms with Gasteiger partial charge in [-0.2, -0.15) is 0 Å². The number of ether oxygens (including phenoxy) is 1. The Bertz CT molecular complexity index is 776. The van der Waals surface area contributed by atoms with Gasteiger partial charge in [0.1, 0.15) is 11.6 Å². The van der Waals surface area contributed by atoms with E-state index in [0.29, 0.717) is 22.7 Å². The van der Waals surface area contributed by atoms with Gasteiger partial charge in [-0.25, -0.2) is 4.39 Å². The van der Waals surface area contributed by atoms with Crippen LogP contribution in [0.5, 0.6) is 5.75 Å². The maximum atomic E-state index is 13.9. The molecule has 23 heavy (non-hydrogen) atoms. The van der Waals surface area contributed by atoms with Crippen LogP contribution in [0.1, 0.15) is 12.5 Å². The van der Waals surface area contributed by atoms with E-state index in [1.54, 1.807) is 36.4 Å². The fraction of sp³-hybridized carbons (Fsp3) is 0.176. The number of halogens is 1. The van der Waals surface area contributed by atoms with Crippen molar-refractivity contribution < 1.29 is 18.7 Å². The normalized spacial score (nSPS) is 13.3. The maximum Gasteiger partial charge on any atom is 0.265 e. The molecule has 0 aliphatic carbocycles. The van der Waals surface area contributed by atoms with Crippen molar-refractivity contribution in [2.45, 2.75) is 13.5 Å². The van der Waals surface area contributed by atoms with Crippen molar-refractivity contribution in [3.63, 3.8) is 0 Å². The van der Waals surface area contributed by atoms with Crippen LogP contribution < -0.4 is 15.0 Å². The number of amides is 2. The minimum absolute atomic E-state index is 0.0963. The molecule has 6 heteroatoms. The molecule has 2 aromatic rings. The summed E-state index contributed by atoms with van der Waals surface area (Å²) in [5, 5.41) is 2.66. The Hall–Kier alpha value is -2.89. The number of carbonyl (C=O) groups is 2. The summed E-state index contributed by atoms with van der Waals surface area (Å²) >= 11 is 0. The number of anilines is 2. The third kappa shape index (κ3) is 3.15. The Morgan fingerprint density at radius 1 is 1.30 bits per heavy atom. The molecule has 118 valence electrons. The second-order valence-electron chi connectivity index (χ2n) is 5.22. The molecule has 1 aliphatic heterocycles. The van der Waals surface area contributed by atoms with Crippen LogP contribution in [0.15, 0.2) is 42.5 Å². The molecule has 1 aliphatic rings. The molecule has 0 atom stereocenters. The number of nitrogens with one attached hydrogen (secondary N) is 1. The molecule has 0 bridgehead atoms. The van der Waals surface area contributed by atoms with Crippen LogP contribution in [0.4, 0.5) is 15.8 Å². The van der Waals surface area contributed by atoms with Gasteiger partial charge in [-0.15, -0.1) is 0 Å². The van der Waals surface area contributed by atoms with Crippen LogP contribution in [0.2, 0.25) is 0 Å². The molecule has 1 N–H and O–H groups in total. The summed E-state index contributed by atoms with van der Waals surface area (Å²) in [5.74, 6) is -0.323. The first-order chi connectivity index (χ1) is 11.0. The van der Waals surface area contributed by atoms with E-state index in [1.807, 2.05) is 0 Å². The zero-order chi connectivity index (χ0) is 16.4. The van der Waals surface area contributed by atoms with Gasteiger partial charge in [0.2, 0.25) is 5.91 Å². The van der Waals surface area contributed by atoms with Crippen LogP contribution >= 0.6 is 0 Å². The first kappa shape index (κ1) is 15.0. The molecule has 2 amide bonds. The van der Waals surface area contributed by atoms with Gasteiger partial charge in [-0.1, -0.05) is 18.2 Å². The lowest BCUT2D eigenvalue weighted by Gasteiger charge is -2.30. The minimum atomic E-state index is -0.369. The van der Waals surface area contributed by atoms with Crippen molar-refractivity contribution in [3.05, 3.63) is 53.8 Å². The van der Waals surface area contributed by atoms with E-state index in [2.05, 4.69) is 5.32 Å². The first-order valence-corrected chi connectivity index (χ1v) is 7.13. The summed E-state index contributed by atoms with van der Waals surface area (Å²) in [6.45, 7) is 1.41. The molecule has 2 aromatic carbocycles. The highest BCUT2D eigenvalue weighted by Crippen LogP contribution is 2.35. The summed E-state index contributed by atoms with van der Waals surface area (Å²) in [4.78, 5) is 24.8. The molecule has 0 radical (unpaired) electrons. The van der Waals surface area contributed by atoms with E-state index in [9.17, 15) is 14.0 Å². The van der Waals surface area contributed by atoms with Gasteiger partial charge in [0.25, 0.3) is 5.91 Å². The van der Waals surface area contributed by atoms with Crippen molar-refractivity contribution in [1.29, 1.82) is 0 Å². The molecule has 0 unspecified atom stereocenters. The number of benzene rings is 2. The summed E-state index contributed by atoms with van der Waals surface area (Å²) in [6, 6.07) is 11.3. The third-order valence-electron chi connectivity index (χ3n) is 3.51. The molecule has 5 nitrogen and oxygen atoms in total. The fourth-order valence-corrected chi connectivity index (χ4v) is 2.45. The highest BCUT2D eigenvalue weighted by molar-refractivity contribution is 5.99. The molecule has 0 fully saturated rings. The number of fused-ring (bicyclic) bond motifs is 1. The number of hydrogen-bond acceptors (Lipinski definition) is 3. The van der Waals surface area contributed by atoms with E-state index in [4.69, 9.17) is 4.74 Å². The van der Waals surface area contributed by atoms with E-state index in [-0.39, 0.29) is 30.8 Å². The number of carbonyl (C=O) groups excluding carboxylic acids is 2. The molecule has 0 spiro atoms. The van der Waals surface area contributed by atoms with Gasteiger partial charge in [-0.3, -0.25) is 9.59 Å². The monoisotopic (exact) mass is 314 g/mol. The van der Waals surface area contributed by atoms with E-state index >= 15 is 0 Å². The summed E-state index contributed by atoms with van der Waals surface area (Å²) in [7, 11) is 0. The van der Waals surface area contributed by atoms with Crippen molar-refractivity contribution in [2.75, 3.05) is 16.8 Å². The predicted octanol–water partition coefficient (Wildman–Crippen LogP) is 2.71. The molecule has 1 heterocycles. The van der Waals surface area contributed by atoms with Crippen molar-refractivity contribution >= 4 is 23.2 Å². The summed E-state index contributed by atoms with van der Waals surface area (Å²) in [5.41, 5.74) is 1.47. The molecular weight excluding hydrogens is 299 g/mol. The lowest BCUT2D eigenvalue weighted by molar-refractivity contribution is -0.121. The SMILES string of the molecule is CC(=O)Nc1ccc2c(c1)N(Cc1ccccc1F)C(=O)CO2. The molecular formula is C17H15FN2O3. The zero-order valence-electron chi connectivity index (χ0n) is 12.5. The van der Waals surface area contributed by atoms with Crippen LogP contribution in [-0.4, -0.2) is 18.4 Å². The number of hydrogen-bond donors (Lipinski definition) is 1. The van der Waals surface area contributed by atoms with Crippen molar-refractivity contribution in [1.82, 2.24) is 0 Å². The summed E-state index contributed by atoms with van der Waals surface area (Å²) in [6.07, 6.45) is 0. The van der Waals surface area contributed by atoms with Crippen molar-refractivity contribution in [2.24, 2.45) is 0 Å². The topological polar surface area (TPSA) is 58.6 Å². The number of rotatable bonds is 3. The third-order valence-corrected chi connectivity index (χ3v) is 3.51. The average Bonchev–Trinajstić information content (AvgIpc) is 2.51. The van der Waals surface area contributed by atoms with E-state index in [0.717, 1.165) is 0 Å². The van der Waals surface area contributed by atoms with E-state index in [1.165, 1.54) is 17.9 Å². The Morgan fingerprint density at radius 3 is 2.83 bits per heavy atom. The van der Waals surface area contributed by atoms with E-state index < -0.39 is 0 Å². The average molecular weight is 314 g/mol. The molecule has 0 saturated heterocycles. The number of nitrogens with zero attached hydrogens (tertiary/aromatic N) is 1. The first-order valence-electron chi connectivity index (χ1n) is 7.13. The second kappa shape index (κ2) is 6.08. The van der Waals surface area contributed by atoms with Gasteiger partial charge < -0.3 is 15.0 Å². The van der Waals surface area contributed by atoms with Gasteiger partial charge in [0.15, 0.2) is 6.61 Å². The van der Waals surface area contributed by atoms with Crippen molar-refractivity contribution in [3.8, 4) is 5.75 Å². The molecule has 0 saturated carbocycles. The maximum absolute atomic E-state index is 13.9. The molecule has 3 rings (SSSR count). The van der Waals surface area contributed by atoms with Gasteiger partial charge in [0.05, 0.1) is 12.2 Å². The lowest BCUT2D eigenvalue weighted by atomic mass is 10.1. The van der Waals surface area contributed by atoms with Gasteiger partial charge in [-0.05, 0) is 24.3 Å². The standard InChI is InChI=1S/C17H15FN2O3/c1-11(21)19-13-6-7-16-15(8-13)20(17(22)10-23-16)9-12-4-2-3-5-14(12)18/h2-8H,9-10H2,1H3,(H,19,21). The Balaban J connectivity index is 1.96. The van der Waals surface area contributed by atoms with Crippen LogP contribution in [0, 0.1) is 5.82 Å². The Labute approximate surface area is 132 Å². The predicted molar refractivity (Wildman–Crippen MR) is 83.8 cm³/mol. The van der Waals surface area contributed by atoms with Crippen LogP contribution in [0.3, 0.4) is 0 Å². The van der Waals surface area contributed by atoms with Gasteiger partial charge in [0, 0.05) is 18.2 Å². The Morgan fingerprint density at radius 2 is 2.09 bits per heavy atom. The minimum Gasteiger partial charge on any atom is -0.482 e. The van der Waals surface area contributed by atoms with Gasteiger partial charge >= 0.3 is 0 Å². The highest BCUT2D eigenvalue weighted by Gasteiger charge is 2.26. The quantitative estimate of drug-likeness (QED) is 0.947. The van der Waals surface area contributed by atoms with Crippen LogP contribution in [0.25, 0.3) is 0 Å². The highest BCUT2D eigenvalue weighted by atomic mass is 19.1. The lowest BCUT2D eigenvalue weighted by Crippen LogP contribution is -2.38. The smallest absolute Gasteiger partial charge is 0.265 e. The zero-order valence-corrected chi connectivity index (χ0v) is 12.5. The Kier molecular flexibility index (Phi) is 3.97. The summed E-state index contributed by atoms with van der Waals surface area (Å²) < 4.78 is 19.3. The largest absolute Gasteiger partial charge is 0.482 e. The van der Waals surface area contributed by atoms with Crippen LogP contribution in [-0.2, 0) is 16.1 Å². The molecule has 0 aromatic heterocycles.